The normalized spacial score (nSPS) is 21.5. The first kappa shape index (κ1) is 21.3. The number of hydrogen-bond donors (Lipinski definition) is 3. The molecule has 1 unspecified atom stereocenters. The van der Waals surface area contributed by atoms with Gasteiger partial charge in [0.25, 0.3) is 0 Å². The van der Waals surface area contributed by atoms with Gasteiger partial charge in [0.1, 0.15) is 11.9 Å². The van der Waals surface area contributed by atoms with Gasteiger partial charge >= 0.3 is 0 Å². The lowest BCUT2D eigenvalue weighted by atomic mass is 10.1. The predicted molar refractivity (Wildman–Crippen MR) is 117 cm³/mol. The molecular weight excluding hydrogens is 395 g/mol. The van der Waals surface area contributed by atoms with Gasteiger partial charge in [0.2, 0.25) is 11.8 Å². The number of amides is 2. The summed E-state index contributed by atoms with van der Waals surface area (Å²) in [6.07, 6.45) is 3.38. The van der Waals surface area contributed by atoms with Gasteiger partial charge in [-0.25, -0.2) is 4.39 Å². The van der Waals surface area contributed by atoms with Gasteiger partial charge in [-0.15, -0.1) is 0 Å². The van der Waals surface area contributed by atoms with Crippen molar-refractivity contribution in [2.24, 2.45) is 0 Å². The zero-order valence-corrected chi connectivity index (χ0v) is 17.7. The molecule has 3 atom stereocenters. The number of hydrogen-bond acceptors (Lipinski definition) is 4. The molecule has 0 saturated carbocycles. The zero-order chi connectivity index (χ0) is 22.0. The van der Waals surface area contributed by atoms with Crippen LogP contribution < -0.4 is 16.4 Å². The number of likely N-dealkylation sites (tertiary alicyclic amines) is 1. The number of nitrogens with two attached hydrogens (primary N) is 1. The van der Waals surface area contributed by atoms with Crippen LogP contribution in [0.5, 0.6) is 0 Å². The van der Waals surface area contributed by atoms with Crippen molar-refractivity contribution in [1.29, 1.82) is 0 Å². The van der Waals surface area contributed by atoms with Gasteiger partial charge in [0.15, 0.2) is 0 Å². The van der Waals surface area contributed by atoms with Crippen molar-refractivity contribution >= 4 is 17.5 Å². The van der Waals surface area contributed by atoms with Crippen molar-refractivity contribution in [3.63, 3.8) is 0 Å². The minimum Gasteiger partial charge on any atom is -0.399 e. The number of carbonyl (C=O) groups excluding carboxylic acids is 2. The molecule has 0 bridgehead atoms. The van der Waals surface area contributed by atoms with Gasteiger partial charge in [0.05, 0.1) is 12.1 Å². The quantitative estimate of drug-likeness (QED) is 0.622. The van der Waals surface area contributed by atoms with E-state index in [1.165, 1.54) is 17.7 Å². The van der Waals surface area contributed by atoms with E-state index in [4.69, 9.17) is 5.73 Å². The second kappa shape index (κ2) is 9.06. The first-order chi connectivity index (χ1) is 14.9. The summed E-state index contributed by atoms with van der Waals surface area (Å²) in [4.78, 5) is 27.7. The molecule has 31 heavy (non-hydrogen) atoms. The molecule has 0 radical (unpaired) electrons. The van der Waals surface area contributed by atoms with E-state index in [1.807, 2.05) is 18.2 Å². The van der Waals surface area contributed by atoms with E-state index in [9.17, 15) is 14.0 Å². The van der Waals surface area contributed by atoms with Crippen LogP contribution in [-0.4, -0.2) is 35.3 Å². The molecular formula is C24H29FN4O2. The van der Waals surface area contributed by atoms with Gasteiger partial charge < -0.3 is 16.4 Å². The molecule has 2 amide bonds. The van der Waals surface area contributed by atoms with E-state index < -0.39 is 6.04 Å². The van der Waals surface area contributed by atoms with Crippen LogP contribution in [0.25, 0.3) is 0 Å². The SMILES string of the molecule is C[C@H](NC(=O)C1CCCN1Cc1ccc(F)cc1)C(=O)N[C@H]1CCc2cc(N)ccc21. The highest BCUT2D eigenvalue weighted by molar-refractivity contribution is 5.89. The van der Waals surface area contributed by atoms with Crippen LogP contribution in [0.15, 0.2) is 42.5 Å². The second-order valence-electron chi connectivity index (χ2n) is 8.54. The van der Waals surface area contributed by atoms with Crippen molar-refractivity contribution in [3.8, 4) is 0 Å². The molecule has 2 aromatic carbocycles. The van der Waals surface area contributed by atoms with Crippen molar-refractivity contribution in [2.45, 2.75) is 57.3 Å². The number of benzene rings is 2. The molecule has 4 rings (SSSR count). The minimum absolute atomic E-state index is 0.0519. The highest BCUT2D eigenvalue weighted by Crippen LogP contribution is 2.32. The van der Waals surface area contributed by atoms with Crippen LogP contribution in [0.4, 0.5) is 10.1 Å². The lowest BCUT2D eigenvalue weighted by Gasteiger charge is -2.25. The summed E-state index contributed by atoms with van der Waals surface area (Å²) >= 11 is 0. The lowest BCUT2D eigenvalue weighted by Crippen LogP contribution is -2.51. The van der Waals surface area contributed by atoms with E-state index in [0.717, 1.165) is 49.0 Å². The molecule has 6 nitrogen and oxygen atoms in total. The van der Waals surface area contributed by atoms with Crippen molar-refractivity contribution in [3.05, 3.63) is 65.0 Å². The zero-order valence-electron chi connectivity index (χ0n) is 17.7. The first-order valence-electron chi connectivity index (χ1n) is 10.9. The Morgan fingerprint density at radius 2 is 1.97 bits per heavy atom. The highest BCUT2D eigenvalue weighted by Gasteiger charge is 2.33. The van der Waals surface area contributed by atoms with Crippen LogP contribution in [0.2, 0.25) is 0 Å². The number of halogens is 1. The average molecular weight is 425 g/mol. The number of nitrogens with one attached hydrogen (secondary N) is 2. The molecule has 0 spiro atoms. The van der Waals surface area contributed by atoms with Crippen molar-refractivity contribution in [2.75, 3.05) is 12.3 Å². The standard InChI is InChI=1S/C24H29FN4O2/c1-15(23(30)28-21-11-6-17-13-19(26)9-10-20(17)21)27-24(31)22-3-2-12-29(22)14-16-4-7-18(25)8-5-16/h4-5,7-10,13,15,21-22H,2-3,6,11-12,14,26H2,1H3,(H,27,31)(H,28,30)/t15-,21-,22?/m0/s1. The van der Waals surface area contributed by atoms with Crippen LogP contribution in [0.1, 0.15) is 48.9 Å². The fraction of sp³-hybridized carbons (Fsp3) is 0.417. The monoisotopic (exact) mass is 424 g/mol. The number of nitrogens with zero attached hydrogens (tertiary/aromatic N) is 1. The molecule has 1 aliphatic heterocycles. The van der Waals surface area contributed by atoms with E-state index >= 15 is 0 Å². The molecule has 0 aromatic heterocycles. The van der Waals surface area contributed by atoms with Gasteiger partial charge in [-0.1, -0.05) is 18.2 Å². The highest BCUT2D eigenvalue weighted by atomic mass is 19.1. The van der Waals surface area contributed by atoms with E-state index in [0.29, 0.717) is 6.54 Å². The van der Waals surface area contributed by atoms with E-state index in [2.05, 4.69) is 15.5 Å². The molecule has 1 heterocycles. The van der Waals surface area contributed by atoms with Crippen LogP contribution in [0, 0.1) is 5.82 Å². The summed E-state index contributed by atoms with van der Waals surface area (Å²) in [6, 6.07) is 11.2. The Hall–Kier alpha value is -2.93. The molecule has 1 saturated heterocycles. The average Bonchev–Trinajstić information content (AvgIpc) is 3.36. The Morgan fingerprint density at radius 3 is 2.74 bits per heavy atom. The van der Waals surface area contributed by atoms with Gasteiger partial charge in [-0.3, -0.25) is 14.5 Å². The first-order valence-corrected chi connectivity index (χ1v) is 10.9. The molecule has 4 N–H and O–H groups in total. The fourth-order valence-electron chi connectivity index (χ4n) is 4.60. The smallest absolute Gasteiger partial charge is 0.242 e. The Labute approximate surface area is 182 Å². The molecule has 1 aliphatic carbocycles. The summed E-state index contributed by atoms with van der Waals surface area (Å²) in [5.41, 5.74) is 9.82. The molecule has 2 aliphatic rings. The van der Waals surface area contributed by atoms with Crippen LogP contribution in [-0.2, 0) is 22.6 Å². The molecule has 2 aromatic rings. The third kappa shape index (κ3) is 4.88. The van der Waals surface area contributed by atoms with Crippen molar-refractivity contribution < 1.29 is 14.0 Å². The maximum Gasteiger partial charge on any atom is 0.242 e. The predicted octanol–water partition coefficient (Wildman–Crippen LogP) is 2.68. The number of rotatable bonds is 6. The summed E-state index contributed by atoms with van der Waals surface area (Å²) in [5.74, 6) is -0.597. The van der Waals surface area contributed by atoms with Crippen LogP contribution >= 0.6 is 0 Å². The summed E-state index contributed by atoms with van der Waals surface area (Å²) in [7, 11) is 0. The summed E-state index contributed by atoms with van der Waals surface area (Å²) in [6.45, 7) is 3.10. The summed E-state index contributed by atoms with van der Waals surface area (Å²) < 4.78 is 13.1. The number of nitrogen functional groups attached to an aromatic ring is 1. The largest absolute Gasteiger partial charge is 0.399 e. The Kier molecular flexibility index (Phi) is 6.23. The van der Waals surface area contributed by atoms with Crippen LogP contribution in [0.3, 0.4) is 0 Å². The molecule has 1 fully saturated rings. The number of fused-ring (bicyclic) bond motifs is 1. The van der Waals surface area contributed by atoms with Gasteiger partial charge in [0, 0.05) is 12.2 Å². The molecule has 164 valence electrons. The Balaban J connectivity index is 1.32. The second-order valence-corrected chi connectivity index (χ2v) is 8.54. The Bertz CT molecular complexity index is 963. The number of carbonyl (C=O) groups is 2. The van der Waals surface area contributed by atoms with Gasteiger partial charge in [-0.05, 0) is 80.1 Å². The fourth-order valence-corrected chi connectivity index (χ4v) is 4.60. The maximum absolute atomic E-state index is 13.1. The van der Waals surface area contributed by atoms with E-state index in [1.54, 1.807) is 19.1 Å². The maximum atomic E-state index is 13.1. The third-order valence-electron chi connectivity index (χ3n) is 6.28. The Morgan fingerprint density at radius 1 is 1.19 bits per heavy atom. The number of aryl methyl sites for hydroxylation is 1. The molecule has 7 heteroatoms. The summed E-state index contributed by atoms with van der Waals surface area (Å²) in [5, 5.41) is 5.94. The van der Waals surface area contributed by atoms with Gasteiger partial charge in [-0.2, -0.15) is 0 Å². The van der Waals surface area contributed by atoms with E-state index in [-0.39, 0.29) is 29.7 Å². The van der Waals surface area contributed by atoms with Crippen molar-refractivity contribution in [1.82, 2.24) is 15.5 Å². The number of anilines is 1. The minimum atomic E-state index is -0.626. The topological polar surface area (TPSA) is 87.5 Å². The third-order valence-corrected chi connectivity index (χ3v) is 6.28. The lowest BCUT2D eigenvalue weighted by molar-refractivity contribution is -0.131.